The van der Waals surface area contributed by atoms with Gasteiger partial charge < -0.3 is 20.9 Å². The fourth-order valence-corrected chi connectivity index (χ4v) is 7.21. The summed E-state index contributed by atoms with van der Waals surface area (Å²) in [5, 5.41) is 9.58. The minimum atomic E-state index is -0.606. The molecule has 180 valence electrons. The molecule has 1 aromatic carbocycles. The number of halogens is 1. The van der Waals surface area contributed by atoms with E-state index in [1.807, 2.05) is 18.2 Å². The molecule has 1 aliphatic carbocycles. The van der Waals surface area contributed by atoms with E-state index in [1.54, 1.807) is 23.7 Å². The largest absolute Gasteiger partial charge is 0.347 e. The second-order valence-corrected chi connectivity index (χ2v) is 11.6. The first-order chi connectivity index (χ1) is 15.7. The van der Waals surface area contributed by atoms with Gasteiger partial charge in [0.15, 0.2) is 0 Å². The van der Waals surface area contributed by atoms with Crippen molar-refractivity contribution in [2.45, 2.75) is 69.5 Å². The maximum atomic E-state index is 13.7. The van der Waals surface area contributed by atoms with Crippen molar-refractivity contribution >= 4 is 41.1 Å². The Hall–Kier alpha value is -1.77. The van der Waals surface area contributed by atoms with E-state index in [2.05, 4.69) is 29.8 Å². The van der Waals surface area contributed by atoms with Gasteiger partial charge >= 0.3 is 0 Å². The van der Waals surface area contributed by atoms with Crippen LogP contribution >= 0.6 is 23.4 Å². The lowest BCUT2D eigenvalue weighted by molar-refractivity contribution is -0.143. The Morgan fingerprint density at radius 1 is 1.21 bits per heavy atom. The Bertz CT molecular complexity index is 940. The van der Waals surface area contributed by atoms with Gasteiger partial charge in [-0.05, 0) is 73.6 Å². The Balaban J connectivity index is 1.56. The normalized spacial score (nSPS) is 28.5. The first-order valence-corrected chi connectivity index (χ1v) is 13.1. The fraction of sp³-hybridized carbons (Fsp3) is 0.625. The quantitative estimate of drug-likeness (QED) is 0.588. The van der Waals surface area contributed by atoms with Crippen molar-refractivity contribution in [2.24, 2.45) is 5.41 Å². The molecule has 2 fully saturated rings. The van der Waals surface area contributed by atoms with Gasteiger partial charge in [0.25, 0.3) is 0 Å². The SMILES string of the molecule is CNCC(=O)NC1CCSC2CC(C)(C)[C@@H](C(=O)NC3CCCc4cc(Cl)ccc43)N2C1=O. The van der Waals surface area contributed by atoms with E-state index in [1.165, 1.54) is 5.56 Å². The average Bonchev–Trinajstić information content (AvgIpc) is 2.94. The standard InChI is InChI=1S/C24H33ClN4O3S/c1-24(2)12-20-29(23(32)18(9-10-33-20)27-19(30)13-26-3)21(24)22(31)28-17-6-4-5-14-11-15(25)7-8-16(14)17/h7-8,11,17-18,20-21,26H,4-6,9-10,12-13H2,1-3H3,(H,27,30)(H,28,31)/t17?,18?,20?,21-/m1/s1. The highest BCUT2D eigenvalue weighted by Gasteiger charge is 2.54. The molecule has 9 heteroatoms. The van der Waals surface area contributed by atoms with Crippen LogP contribution in [0.2, 0.25) is 5.02 Å². The maximum Gasteiger partial charge on any atom is 0.246 e. The fourth-order valence-electron chi connectivity index (χ4n) is 5.44. The van der Waals surface area contributed by atoms with Crippen LogP contribution < -0.4 is 16.0 Å². The molecule has 0 saturated carbocycles. The summed E-state index contributed by atoms with van der Waals surface area (Å²) < 4.78 is 0. The molecule has 2 saturated heterocycles. The maximum absolute atomic E-state index is 13.7. The number of nitrogens with zero attached hydrogens (tertiary/aromatic N) is 1. The smallest absolute Gasteiger partial charge is 0.246 e. The Morgan fingerprint density at radius 3 is 2.76 bits per heavy atom. The van der Waals surface area contributed by atoms with E-state index < -0.39 is 12.1 Å². The first kappa shape index (κ1) is 24.4. The molecule has 0 radical (unpaired) electrons. The third-order valence-corrected chi connectivity index (χ3v) is 8.44. The summed E-state index contributed by atoms with van der Waals surface area (Å²) in [7, 11) is 1.70. The van der Waals surface area contributed by atoms with Gasteiger partial charge in [-0.25, -0.2) is 0 Å². The zero-order chi connectivity index (χ0) is 23.8. The number of hydrogen-bond acceptors (Lipinski definition) is 5. The summed E-state index contributed by atoms with van der Waals surface area (Å²) in [4.78, 5) is 41.2. The van der Waals surface area contributed by atoms with E-state index >= 15 is 0 Å². The van der Waals surface area contributed by atoms with E-state index in [0.717, 1.165) is 37.0 Å². The number of aryl methyl sites for hydroxylation is 1. The van der Waals surface area contributed by atoms with Crippen LogP contribution in [0, 0.1) is 5.41 Å². The number of nitrogens with one attached hydrogen (secondary N) is 3. The van der Waals surface area contributed by atoms with Crippen molar-refractivity contribution in [1.29, 1.82) is 0 Å². The second-order valence-electron chi connectivity index (χ2n) is 9.90. The highest BCUT2D eigenvalue weighted by Crippen LogP contribution is 2.46. The molecule has 0 spiro atoms. The third-order valence-electron chi connectivity index (χ3n) is 6.96. The van der Waals surface area contributed by atoms with E-state index in [9.17, 15) is 14.4 Å². The Kier molecular flexibility index (Phi) is 7.26. The predicted molar refractivity (Wildman–Crippen MR) is 131 cm³/mol. The van der Waals surface area contributed by atoms with Crippen molar-refractivity contribution in [1.82, 2.24) is 20.9 Å². The lowest BCUT2D eigenvalue weighted by Crippen LogP contribution is -2.57. The van der Waals surface area contributed by atoms with E-state index in [-0.39, 0.29) is 41.1 Å². The van der Waals surface area contributed by atoms with Crippen LogP contribution in [0.1, 0.15) is 56.7 Å². The molecule has 2 heterocycles. The summed E-state index contributed by atoms with van der Waals surface area (Å²) in [5.41, 5.74) is 1.92. The highest BCUT2D eigenvalue weighted by atomic mass is 35.5. The number of likely N-dealkylation sites (N-methyl/N-ethyl adjacent to an activating group) is 1. The summed E-state index contributed by atoms with van der Waals surface area (Å²) in [6.45, 7) is 4.27. The molecule has 4 rings (SSSR count). The molecule has 3 N–H and O–H groups in total. The molecular weight excluding hydrogens is 460 g/mol. The minimum absolute atomic E-state index is 0.0631. The monoisotopic (exact) mass is 492 g/mol. The molecule has 3 unspecified atom stereocenters. The number of carbonyl (C=O) groups excluding carboxylic acids is 3. The van der Waals surface area contributed by atoms with Gasteiger partial charge in [0, 0.05) is 5.02 Å². The van der Waals surface area contributed by atoms with Gasteiger partial charge in [-0.1, -0.05) is 31.5 Å². The number of benzene rings is 1. The second kappa shape index (κ2) is 9.84. The predicted octanol–water partition coefficient (Wildman–Crippen LogP) is 2.63. The van der Waals surface area contributed by atoms with Gasteiger partial charge in [-0.15, -0.1) is 11.8 Å². The van der Waals surface area contributed by atoms with Crippen molar-refractivity contribution in [3.05, 3.63) is 34.3 Å². The molecule has 1 aromatic rings. The molecule has 4 atom stereocenters. The molecule has 0 aromatic heterocycles. The van der Waals surface area contributed by atoms with Crippen molar-refractivity contribution in [3.63, 3.8) is 0 Å². The van der Waals surface area contributed by atoms with Crippen LogP contribution in [0.3, 0.4) is 0 Å². The first-order valence-electron chi connectivity index (χ1n) is 11.7. The molecule has 2 aliphatic heterocycles. The van der Waals surface area contributed by atoms with Gasteiger partial charge in [0.2, 0.25) is 17.7 Å². The number of carbonyl (C=O) groups is 3. The number of hydrogen-bond donors (Lipinski definition) is 3. The Morgan fingerprint density at radius 2 is 2.00 bits per heavy atom. The molecule has 3 amide bonds. The van der Waals surface area contributed by atoms with Crippen molar-refractivity contribution in [3.8, 4) is 0 Å². The van der Waals surface area contributed by atoms with Crippen molar-refractivity contribution in [2.75, 3.05) is 19.3 Å². The zero-order valence-corrected chi connectivity index (χ0v) is 21.0. The summed E-state index contributed by atoms with van der Waals surface area (Å²) in [6, 6.07) is 4.58. The summed E-state index contributed by atoms with van der Waals surface area (Å²) in [6.07, 6.45) is 4.11. The number of fused-ring (bicyclic) bond motifs is 2. The van der Waals surface area contributed by atoms with Crippen LogP contribution in [-0.4, -0.2) is 59.4 Å². The minimum Gasteiger partial charge on any atom is -0.347 e. The van der Waals surface area contributed by atoms with Gasteiger partial charge in [0.05, 0.1) is 18.0 Å². The van der Waals surface area contributed by atoms with Gasteiger partial charge in [-0.2, -0.15) is 0 Å². The van der Waals surface area contributed by atoms with Crippen LogP contribution in [0.4, 0.5) is 0 Å². The number of rotatable bonds is 5. The number of thioether (sulfide) groups is 1. The summed E-state index contributed by atoms with van der Waals surface area (Å²) in [5.74, 6) is 0.275. The average molecular weight is 493 g/mol. The van der Waals surface area contributed by atoms with Crippen molar-refractivity contribution < 1.29 is 14.4 Å². The molecular formula is C24H33ClN4O3S. The van der Waals surface area contributed by atoms with Crippen LogP contribution in [0.25, 0.3) is 0 Å². The molecule has 33 heavy (non-hydrogen) atoms. The van der Waals surface area contributed by atoms with Gasteiger partial charge in [-0.3, -0.25) is 14.4 Å². The Labute approximate surface area is 204 Å². The van der Waals surface area contributed by atoms with Crippen LogP contribution in [-0.2, 0) is 20.8 Å². The van der Waals surface area contributed by atoms with Gasteiger partial charge in [0.1, 0.15) is 12.1 Å². The highest BCUT2D eigenvalue weighted by molar-refractivity contribution is 7.99. The zero-order valence-electron chi connectivity index (χ0n) is 19.4. The number of amides is 3. The third kappa shape index (κ3) is 5.03. The summed E-state index contributed by atoms with van der Waals surface area (Å²) >= 11 is 7.89. The van der Waals surface area contributed by atoms with Crippen LogP contribution in [0.15, 0.2) is 18.2 Å². The lowest BCUT2D eigenvalue weighted by atomic mass is 9.83. The lowest BCUT2D eigenvalue weighted by Gasteiger charge is -2.36. The molecule has 0 bridgehead atoms. The topological polar surface area (TPSA) is 90.5 Å². The molecule has 7 nitrogen and oxygen atoms in total. The van der Waals surface area contributed by atoms with Crippen LogP contribution in [0.5, 0.6) is 0 Å². The van der Waals surface area contributed by atoms with E-state index in [4.69, 9.17) is 11.6 Å². The van der Waals surface area contributed by atoms with E-state index in [0.29, 0.717) is 11.4 Å². The molecule has 3 aliphatic rings.